The molecule has 0 radical (unpaired) electrons. The van der Waals surface area contributed by atoms with Crippen molar-refractivity contribution >= 4 is 34.4 Å². The second kappa shape index (κ2) is 7.92. The van der Waals surface area contributed by atoms with Gasteiger partial charge in [-0.15, -0.1) is 0 Å². The predicted molar refractivity (Wildman–Crippen MR) is 119 cm³/mol. The van der Waals surface area contributed by atoms with Crippen LogP contribution in [0.2, 0.25) is 0 Å². The maximum Gasteiger partial charge on any atom is 0.265 e. The highest BCUT2D eigenvalue weighted by atomic mass is 32.2. The van der Waals surface area contributed by atoms with Gasteiger partial charge in [-0.25, -0.2) is 9.67 Å². The van der Waals surface area contributed by atoms with E-state index in [1.165, 1.54) is 18.9 Å². The molecule has 1 unspecified atom stereocenters. The molecule has 0 spiro atoms. The van der Waals surface area contributed by atoms with Crippen LogP contribution in [-0.2, 0) is 10.3 Å². The Morgan fingerprint density at radius 3 is 2.74 bits per heavy atom. The van der Waals surface area contributed by atoms with Gasteiger partial charge >= 0.3 is 0 Å². The predicted octanol–water partition coefficient (Wildman–Crippen LogP) is 3.04. The summed E-state index contributed by atoms with van der Waals surface area (Å²) in [6, 6.07) is 4.89. The fourth-order valence-corrected chi connectivity index (χ4v) is 4.73. The van der Waals surface area contributed by atoms with Crippen molar-refractivity contribution in [2.24, 2.45) is 0 Å². The molecular formula is C21H25N5O4S. The van der Waals surface area contributed by atoms with Crippen LogP contribution in [0.25, 0.3) is 11.0 Å². The van der Waals surface area contributed by atoms with Crippen LogP contribution < -0.4 is 20.3 Å². The summed E-state index contributed by atoms with van der Waals surface area (Å²) in [7, 11) is 3.09. The normalized spacial score (nSPS) is 15.7. The molecule has 1 amide bonds. The third-order valence-electron chi connectivity index (χ3n) is 5.11. The standard InChI is InChI=1S/C21H25N5O4S/c1-21(2,3)26-18-14(10-22-26)19(28)25-12(11-31-20(25)24-18)8-17(27)23-15-9-13(29-4)6-7-16(15)30-5/h6-7,9-10,12H,8,11H2,1-5H3,(H,23,27). The zero-order chi connectivity index (χ0) is 22.3. The monoisotopic (exact) mass is 443 g/mol. The molecule has 1 atom stereocenters. The number of hydrogen-bond acceptors (Lipinski definition) is 7. The molecule has 4 rings (SSSR count). The van der Waals surface area contributed by atoms with Crippen LogP contribution >= 0.6 is 11.8 Å². The molecule has 0 bridgehead atoms. The van der Waals surface area contributed by atoms with Gasteiger partial charge in [-0.1, -0.05) is 11.8 Å². The molecule has 1 aliphatic rings. The maximum atomic E-state index is 13.2. The van der Waals surface area contributed by atoms with E-state index in [0.29, 0.717) is 39.1 Å². The molecule has 164 valence electrons. The number of rotatable bonds is 5. The highest BCUT2D eigenvalue weighted by Crippen LogP contribution is 2.35. The van der Waals surface area contributed by atoms with E-state index in [2.05, 4.69) is 10.4 Å². The average Bonchev–Trinajstić information content (AvgIpc) is 3.32. The van der Waals surface area contributed by atoms with Gasteiger partial charge in [-0.2, -0.15) is 5.10 Å². The summed E-state index contributed by atoms with van der Waals surface area (Å²) < 4.78 is 13.9. The van der Waals surface area contributed by atoms with Gasteiger partial charge in [0, 0.05) is 18.2 Å². The van der Waals surface area contributed by atoms with Crippen molar-refractivity contribution in [3.63, 3.8) is 0 Å². The van der Waals surface area contributed by atoms with Gasteiger partial charge in [-0.05, 0) is 32.9 Å². The second-order valence-corrected chi connectivity index (χ2v) is 9.30. The number of ether oxygens (including phenoxy) is 2. The molecule has 9 nitrogen and oxygen atoms in total. The number of nitrogens with one attached hydrogen (secondary N) is 1. The van der Waals surface area contributed by atoms with Crippen molar-refractivity contribution in [3.8, 4) is 11.5 Å². The minimum Gasteiger partial charge on any atom is -0.497 e. The van der Waals surface area contributed by atoms with E-state index in [0.717, 1.165) is 0 Å². The lowest BCUT2D eigenvalue weighted by atomic mass is 10.1. The maximum absolute atomic E-state index is 13.2. The number of fused-ring (bicyclic) bond motifs is 2. The first-order chi connectivity index (χ1) is 14.7. The largest absolute Gasteiger partial charge is 0.497 e. The van der Waals surface area contributed by atoms with Crippen molar-refractivity contribution in [1.82, 2.24) is 19.3 Å². The van der Waals surface area contributed by atoms with Crippen LogP contribution in [0.15, 0.2) is 34.3 Å². The lowest BCUT2D eigenvalue weighted by molar-refractivity contribution is -0.116. The summed E-state index contributed by atoms with van der Waals surface area (Å²) >= 11 is 1.48. The fourth-order valence-electron chi connectivity index (χ4n) is 3.60. The fraction of sp³-hybridized carbons (Fsp3) is 0.429. The molecule has 2 aromatic heterocycles. The second-order valence-electron chi connectivity index (χ2n) is 8.32. The molecule has 0 saturated heterocycles. The molecule has 0 aliphatic carbocycles. The SMILES string of the molecule is COc1ccc(OC)c(NC(=O)CC2CSc3nc4c(cnn4C(C)(C)C)c(=O)n32)c1. The molecule has 3 aromatic rings. The third-order valence-corrected chi connectivity index (χ3v) is 6.21. The van der Waals surface area contributed by atoms with E-state index >= 15 is 0 Å². The van der Waals surface area contributed by atoms with Crippen LogP contribution in [-0.4, -0.2) is 45.2 Å². The number of thioether (sulfide) groups is 1. The smallest absolute Gasteiger partial charge is 0.265 e. The van der Waals surface area contributed by atoms with Gasteiger partial charge in [0.05, 0.1) is 37.7 Å². The molecule has 1 aromatic carbocycles. The zero-order valence-electron chi connectivity index (χ0n) is 18.1. The summed E-state index contributed by atoms with van der Waals surface area (Å²) in [5.41, 5.74) is 0.628. The molecule has 0 fully saturated rings. The number of carbonyl (C=O) groups excluding carboxylic acids is 1. The Kier molecular flexibility index (Phi) is 5.42. The third kappa shape index (κ3) is 3.87. The lowest BCUT2D eigenvalue weighted by Crippen LogP contribution is -2.29. The number of anilines is 1. The Labute approximate surface area is 183 Å². The van der Waals surface area contributed by atoms with Crippen molar-refractivity contribution in [2.45, 2.75) is 43.9 Å². The number of nitrogens with zero attached hydrogens (tertiary/aromatic N) is 4. The van der Waals surface area contributed by atoms with E-state index in [9.17, 15) is 9.59 Å². The average molecular weight is 444 g/mol. The van der Waals surface area contributed by atoms with Gasteiger partial charge in [0.2, 0.25) is 5.91 Å². The first kappa shape index (κ1) is 21.2. The Hall–Kier alpha value is -3.01. The summed E-state index contributed by atoms with van der Waals surface area (Å²) in [6.07, 6.45) is 1.70. The van der Waals surface area contributed by atoms with Crippen LogP contribution in [0.1, 0.15) is 33.2 Å². The van der Waals surface area contributed by atoms with Gasteiger partial charge in [0.1, 0.15) is 16.9 Å². The van der Waals surface area contributed by atoms with E-state index < -0.39 is 0 Å². The number of methoxy groups -OCH3 is 2. The number of benzene rings is 1. The lowest BCUT2D eigenvalue weighted by Gasteiger charge is -2.20. The van der Waals surface area contributed by atoms with Gasteiger partial charge in [0.25, 0.3) is 5.56 Å². The zero-order valence-corrected chi connectivity index (χ0v) is 18.9. The van der Waals surface area contributed by atoms with Crippen molar-refractivity contribution in [1.29, 1.82) is 0 Å². The van der Waals surface area contributed by atoms with Gasteiger partial charge in [0.15, 0.2) is 10.8 Å². The molecule has 3 heterocycles. The van der Waals surface area contributed by atoms with Crippen molar-refractivity contribution in [2.75, 3.05) is 25.3 Å². The van der Waals surface area contributed by atoms with E-state index in [4.69, 9.17) is 14.5 Å². The van der Waals surface area contributed by atoms with E-state index in [1.54, 1.807) is 40.8 Å². The highest BCUT2D eigenvalue weighted by Gasteiger charge is 2.30. The Balaban J connectivity index is 1.61. The summed E-state index contributed by atoms with van der Waals surface area (Å²) in [6.45, 7) is 6.04. The summed E-state index contributed by atoms with van der Waals surface area (Å²) in [5.74, 6) is 1.52. The van der Waals surface area contributed by atoms with Crippen LogP contribution in [0.5, 0.6) is 11.5 Å². The molecule has 1 N–H and O–H groups in total. The quantitative estimate of drug-likeness (QED) is 0.605. The van der Waals surface area contributed by atoms with Crippen LogP contribution in [0.4, 0.5) is 5.69 Å². The Bertz CT molecular complexity index is 1210. The number of hydrogen-bond donors (Lipinski definition) is 1. The number of carbonyl (C=O) groups is 1. The summed E-state index contributed by atoms with van der Waals surface area (Å²) in [5, 5.41) is 8.31. The molecule has 31 heavy (non-hydrogen) atoms. The Morgan fingerprint density at radius 1 is 1.29 bits per heavy atom. The molecular weight excluding hydrogens is 418 g/mol. The van der Waals surface area contributed by atoms with E-state index in [-0.39, 0.29) is 29.5 Å². The van der Waals surface area contributed by atoms with Crippen LogP contribution in [0.3, 0.4) is 0 Å². The minimum atomic E-state index is -0.293. The first-order valence-corrected chi connectivity index (χ1v) is 10.9. The minimum absolute atomic E-state index is 0.140. The van der Waals surface area contributed by atoms with Gasteiger partial charge < -0.3 is 14.8 Å². The van der Waals surface area contributed by atoms with Crippen molar-refractivity contribution in [3.05, 3.63) is 34.7 Å². The van der Waals surface area contributed by atoms with E-state index in [1.807, 2.05) is 20.8 Å². The van der Waals surface area contributed by atoms with Gasteiger partial charge in [-0.3, -0.25) is 14.2 Å². The Morgan fingerprint density at radius 2 is 2.06 bits per heavy atom. The molecule has 1 aliphatic heterocycles. The molecule has 10 heteroatoms. The number of amides is 1. The topological polar surface area (TPSA) is 100 Å². The highest BCUT2D eigenvalue weighted by molar-refractivity contribution is 7.99. The number of aromatic nitrogens is 4. The summed E-state index contributed by atoms with van der Waals surface area (Å²) in [4.78, 5) is 30.7. The van der Waals surface area contributed by atoms with Crippen molar-refractivity contribution < 1.29 is 14.3 Å². The molecule has 0 saturated carbocycles. The van der Waals surface area contributed by atoms with Crippen LogP contribution in [0, 0.1) is 0 Å². The first-order valence-electron chi connectivity index (χ1n) is 9.88.